The number of nitrogens with zero attached hydrogens (tertiary/aromatic N) is 3. The molecule has 1 saturated carbocycles. The van der Waals surface area contributed by atoms with Crippen LogP contribution in [0, 0.1) is 0 Å². The van der Waals surface area contributed by atoms with E-state index in [1.54, 1.807) is 0 Å². The Morgan fingerprint density at radius 2 is 1.73 bits per heavy atom. The van der Waals surface area contributed by atoms with E-state index in [4.69, 9.17) is 5.73 Å². The zero-order valence-electron chi connectivity index (χ0n) is 14.3. The predicted octanol–water partition coefficient (Wildman–Crippen LogP) is 4.07. The quantitative estimate of drug-likeness (QED) is 0.550. The molecule has 1 fully saturated rings. The van der Waals surface area contributed by atoms with Crippen molar-refractivity contribution in [3.05, 3.63) is 72.3 Å². The normalized spacial score (nSPS) is 15.7. The lowest BCUT2D eigenvalue weighted by molar-refractivity contribution is 0.302. The number of rotatable bonds is 3. The van der Waals surface area contributed by atoms with Crippen LogP contribution in [-0.4, -0.2) is 19.9 Å². The van der Waals surface area contributed by atoms with Gasteiger partial charge in [0.05, 0.1) is 11.0 Å². The number of pyridine rings is 1. The zero-order valence-corrected chi connectivity index (χ0v) is 14.3. The summed E-state index contributed by atoms with van der Waals surface area (Å²) in [6.07, 6.45) is 11.3. The van der Waals surface area contributed by atoms with Gasteiger partial charge in [-0.05, 0) is 54.8 Å². The van der Waals surface area contributed by atoms with Crippen molar-refractivity contribution in [2.75, 3.05) is 5.73 Å². The van der Waals surface area contributed by atoms with E-state index in [2.05, 4.69) is 32.2 Å². The number of hydrogen-bond acceptors (Lipinski definition) is 4. The lowest BCUT2D eigenvalue weighted by atomic mass is 9.61. The van der Waals surface area contributed by atoms with Gasteiger partial charge >= 0.3 is 0 Å². The maximum absolute atomic E-state index is 5.76. The predicted molar refractivity (Wildman–Crippen MR) is 103 cm³/mol. The van der Waals surface area contributed by atoms with Crippen LogP contribution in [0.25, 0.3) is 22.4 Å². The topological polar surface area (TPSA) is 80.5 Å². The van der Waals surface area contributed by atoms with Crippen molar-refractivity contribution < 1.29 is 0 Å². The summed E-state index contributed by atoms with van der Waals surface area (Å²) in [4.78, 5) is 17.2. The monoisotopic (exact) mass is 341 g/mol. The second-order valence-corrected chi connectivity index (χ2v) is 6.95. The molecule has 26 heavy (non-hydrogen) atoms. The number of nitrogens with two attached hydrogens (primary N) is 1. The van der Waals surface area contributed by atoms with E-state index < -0.39 is 0 Å². The second-order valence-electron chi connectivity index (χ2n) is 6.95. The highest BCUT2D eigenvalue weighted by atomic mass is 14.9. The van der Waals surface area contributed by atoms with Crippen LogP contribution in [0.4, 0.5) is 5.69 Å². The Balaban J connectivity index is 1.56. The summed E-state index contributed by atoms with van der Waals surface area (Å²) in [5, 5.41) is 0. The van der Waals surface area contributed by atoms with Crippen LogP contribution >= 0.6 is 0 Å². The molecule has 0 unspecified atom stereocenters. The SMILES string of the molecule is Nc1ccc(-c2ncc(C3(c4c[nH]c5cccnc45)CCC3)cn2)cc1. The molecule has 5 nitrogen and oxygen atoms in total. The van der Waals surface area contributed by atoms with Crippen LogP contribution in [0.5, 0.6) is 0 Å². The smallest absolute Gasteiger partial charge is 0.159 e. The maximum atomic E-state index is 5.76. The molecule has 5 heteroatoms. The number of nitrogens with one attached hydrogen (secondary N) is 1. The number of fused-ring (bicyclic) bond motifs is 1. The molecule has 1 aliphatic rings. The van der Waals surface area contributed by atoms with Gasteiger partial charge in [0.15, 0.2) is 5.82 Å². The molecule has 5 rings (SSSR count). The van der Waals surface area contributed by atoms with E-state index in [9.17, 15) is 0 Å². The van der Waals surface area contributed by atoms with Crippen LogP contribution in [0.1, 0.15) is 30.4 Å². The molecule has 128 valence electrons. The van der Waals surface area contributed by atoms with Gasteiger partial charge in [0.25, 0.3) is 0 Å². The van der Waals surface area contributed by atoms with E-state index >= 15 is 0 Å². The molecule has 0 spiro atoms. The number of hydrogen-bond donors (Lipinski definition) is 2. The van der Waals surface area contributed by atoms with E-state index in [1.807, 2.05) is 48.9 Å². The Morgan fingerprint density at radius 3 is 2.42 bits per heavy atom. The highest BCUT2D eigenvalue weighted by Crippen LogP contribution is 2.50. The van der Waals surface area contributed by atoms with E-state index in [-0.39, 0.29) is 5.41 Å². The summed E-state index contributed by atoms with van der Waals surface area (Å²) in [7, 11) is 0. The van der Waals surface area contributed by atoms with Crippen molar-refractivity contribution in [1.82, 2.24) is 19.9 Å². The van der Waals surface area contributed by atoms with Crippen LogP contribution in [0.2, 0.25) is 0 Å². The van der Waals surface area contributed by atoms with Gasteiger partial charge in [0.2, 0.25) is 0 Å². The lowest BCUT2D eigenvalue weighted by Crippen LogP contribution is -2.35. The van der Waals surface area contributed by atoms with Crippen molar-refractivity contribution in [2.45, 2.75) is 24.7 Å². The zero-order chi connectivity index (χ0) is 17.6. The van der Waals surface area contributed by atoms with Crippen molar-refractivity contribution in [3.8, 4) is 11.4 Å². The first-order valence-electron chi connectivity index (χ1n) is 8.87. The molecule has 3 heterocycles. The maximum Gasteiger partial charge on any atom is 0.159 e. The number of nitrogen functional groups attached to an aromatic ring is 1. The Morgan fingerprint density at radius 1 is 0.962 bits per heavy atom. The fourth-order valence-corrected chi connectivity index (χ4v) is 3.92. The minimum absolute atomic E-state index is 0.0355. The number of H-pyrrole nitrogens is 1. The molecule has 1 aromatic carbocycles. The molecule has 0 amide bonds. The van der Waals surface area contributed by atoms with Gasteiger partial charge in [-0.25, -0.2) is 9.97 Å². The Bertz CT molecular complexity index is 1060. The fraction of sp³-hybridized carbons (Fsp3) is 0.190. The highest BCUT2D eigenvalue weighted by Gasteiger charge is 2.42. The summed E-state index contributed by atoms with van der Waals surface area (Å²) in [6.45, 7) is 0. The molecule has 3 N–H and O–H groups in total. The molecule has 0 saturated heterocycles. The molecular weight excluding hydrogens is 322 g/mol. The minimum Gasteiger partial charge on any atom is -0.399 e. The molecule has 0 atom stereocenters. The standard InChI is InChI=1S/C21H19N5/c22-16-6-4-14(5-7-16)20-25-11-15(12-26-20)21(8-2-9-21)17-13-24-18-3-1-10-23-19(17)18/h1,3-7,10-13,24H,2,8-9,22H2. The number of aromatic nitrogens is 4. The van der Waals surface area contributed by atoms with Crippen molar-refractivity contribution >= 4 is 16.7 Å². The average molecular weight is 341 g/mol. The largest absolute Gasteiger partial charge is 0.399 e. The van der Waals surface area contributed by atoms with Crippen LogP contribution < -0.4 is 5.73 Å². The molecular formula is C21H19N5. The van der Waals surface area contributed by atoms with Crippen molar-refractivity contribution in [1.29, 1.82) is 0 Å². The van der Waals surface area contributed by atoms with Crippen LogP contribution in [0.3, 0.4) is 0 Å². The van der Waals surface area contributed by atoms with Crippen molar-refractivity contribution in [3.63, 3.8) is 0 Å². The van der Waals surface area contributed by atoms with Crippen molar-refractivity contribution in [2.24, 2.45) is 0 Å². The molecule has 0 radical (unpaired) electrons. The number of anilines is 1. The van der Waals surface area contributed by atoms with Gasteiger partial charge in [0, 0.05) is 47.0 Å². The summed E-state index contributed by atoms with van der Waals surface area (Å²) in [6, 6.07) is 11.7. The Labute approximate surface area is 151 Å². The summed E-state index contributed by atoms with van der Waals surface area (Å²) in [5.41, 5.74) is 12.0. The third-order valence-corrected chi connectivity index (χ3v) is 5.53. The van der Waals surface area contributed by atoms with Gasteiger partial charge in [-0.15, -0.1) is 0 Å². The number of benzene rings is 1. The number of aromatic amines is 1. The molecule has 0 aliphatic heterocycles. The summed E-state index contributed by atoms with van der Waals surface area (Å²) in [5.74, 6) is 0.722. The van der Waals surface area contributed by atoms with Gasteiger partial charge in [-0.2, -0.15) is 0 Å². The average Bonchev–Trinajstić information content (AvgIpc) is 3.07. The van der Waals surface area contributed by atoms with Crippen LogP contribution in [0.15, 0.2) is 61.2 Å². The van der Waals surface area contributed by atoms with Gasteiger partial charge in [-0.1, -0.05) is 6.42 Å². The third kappa shape index (κ3) is 2.20. The Kier molecular flexibility index (Phi) is 3.28. The first-order valence-corrected chi connectivity index (χ1v) is 8.87. The van der Waals surface area contributed by atoms with E-state index in [1.165, 1.54) is 12.0 Å². The summed E-state index contributed by atoms with van der Waals surface area (Å²) < 4.78 is 0. The molecule has 3 aromatic heterocycles. The van der Waals surface area contributed by atoms with E-state index in [0.29, 0.717) is 0 Å². The first kappa shape index (κ1) is 15.1. The lowest BCUT2D eigenvalue weighted by Gasteiger charge is -2.41. The first-order chi connectivity index (χ1) is 12.8. The molecule has 0 bridgehead atoms. The molecule has 4 aromatic rings. The highest BCUT2D eigenvalue weighted by molar-refractivity contribution is 5.81. The molecule has 1 aliphatic carbocycles. The minimum atomic E-state index is -0.0355. The third-order valence-electron chi connectivity index (χ3n) is 5.53. The van der Waals surface area contributed by atoms with E-state index in [0.717, 1.165) is 46.5 Å². The summed E-state index contributed by atoms with van der Waals surface area (Å²) >= 11 is 0. The van der Waals surface area contributed by atoms with Gasteiger partial charge in [0.1, 0.15) is 0 Å². The van der Waals surface area contributed by atoms with Gasteiger partial charge in [-0.3, -0.25) is 4.98 Å². The van der Waals surface area contributed by atoms with Crippen LogP contribution in [-0.2, 0) is 5.41 Å². The second kappa shape index (κ2) is 5.66. The Hall–Kier alpha value is -3.21. The fourth-order valence-electron chi connectivity index (χ4n) is 3.92. The van der Waals surface area contributed by atoms with Gasteiger partial charge < -0.3 is 10.7 Å².